The highest BCUT2D eigenvalue weighted by Crippen LogP contribution is 2.32. The molecule has 0 unspecified atom stereocenters. The topological polar surface area (TPSA) is 350 Å². The average molecular weight is 427 g/mol. The summed E-state index contributed by atoms with van der Waals surface area (Å²) < 4.78 is 0. The van der Waals surface area contributed by atoms with Gasteiger partial charge >= 0.3 is 17.1 Å². The van der Waals surface area contributed by atoms with Crippen LogP contribution in [0.15, 0.2) is 0 Å². The van der Waals surface area contributed by atoms with E-state index in [1.165, 1.54) is 0 Å². The number of nitrogen functional groups attached to an aromatic ring is 6. The molecule has 3 aromatic rings. The molecule has 0 atom stereocenters. The number of nitro groups is 3. The first-order valence-electron chi connectivity index (χ1n) is 7.19. The summed E-state index contributed by atoms with van der Waals surface area (Å²) in [5.41, 5.74) is 30.1. The normalized spacial score (nSPS) is 10.3. The van der Waals surface area contributed by atoms with Gasteiger partial charge in [-0.15, -0.1) is 24.9 Å². The fourth-order valence-corrected chi connectivity index (χ4v) is 2.08. The van der Waals surface area contributed by atoms with Crippen LogP contribution < -0.4 is 34.4 Å². The largest absolute Gasteiger partial charge is 0.378 e. The lowest BCUT2D eigenvalue weighted by Gasteiger charge is -2.02. The molecule has 13 N–H and O–H groups in total. The summed E-state index contributed by atoms with van der Waals surface area (Å²) in [5.74, 6) is -2.31. The Balaban J connectivity index is 0.000000269. The van der Waals surface area contributed by atoms with Crippen molar-refractivity contribution in [3.63, 3.8) is 0 Å². The second kappa shape index (κ2) is 7.33. The van der Waals surface area contributed by atoms with Gasteiger partial charge in [0.25, 0.3) is 0 Å². The summed E-state index contributed by atoms with van der Waals surface area (Å²) in [6, 6.07) is 0. The van der Waals surface area contributed by atoms with E-state index in [1.807, 2.05) is 0 Å². The van der Waals surface area contributed by atoms with Crippen LogP contribution in [0.25, 0.3) is 0 Å². The molecule has 0 saturated heterocycles. The smallest absolute Gasteiger partial charge is 0.356 e. The highest BCUT2D eigenvalue weighted by Gasteiger charge is 2.30. The Morgan fingerprint density at radius 1 is 0.667 bits per heavy atom. The maximum Gasteiger partial charge on any atom is 0.356 e. The summed E-state index contributed by atoms with van der Waals surface area (Å²) >= 11 is 0. The molecule has 3 heterocycles. The molecule has 0 aromatic carbocycles. The lowest BCUT2D eigenvalue weighted by Crippen LogP contribution is -2.18. The standard InChI is InChI=1S/C6H8N10O4.C3H5N5O2/c7-3-1(15(17)18)5(9)13(11-3)14-6(10)2(16(19)20)4(8)12-14;4-2-1(8(9)10)3(5)7-6-2/h9-10H2,(H2,7,11)(H2,8,12);(H5,4,5,6,7). The van der Waals surface area contributed by atoms with Crippen LogP contribution in [-0.2, 0) is 0 Å². The molecule has 21 heteroatoms. The van der Waals surface area contributed by atoms with Crippen LogP contribution in [0.5, 0.6) is 0 Å². The molecule has 0 radical (unpaired) electrons. The van der Waals surface area contributed by atoms with Gasteiger partial charge in [0.15, 0.2) is 0 Å². The Bertz CT molecular complexity index is 1070. The number of aromatic nitrogens is 6. The predicted molar refractivity (Wildman–Crippen MR) is 100 cm³/mol. The Morgan fingerprint density at radius 2 is 1.03 bits per heavy atom. The minimum atomic E-state index is -0.856. The Kier molecular flexibility index (Phi) is 5.12. The number of rotatable bonds is 4. The lowest BCUT2D eigenvalue weighted by atomic mass is 10.5. The number of nitrogens with two attached hydrogens (primary N) is 6. The summed E-state index contributed by atoms with van der Waals surface area (Å²) in [4.78, 5) is 30.5. The van der Waals surface area contributed by atoms with Crippen molar-refractivity contribution in [2.45, 2.75) is 0 Å². The molecule has 0 saturated carbocycles. The van der Waals surface area contributed by atoms with Crippen molar-refractivity contribution in [3.05, 3.63) is 30.3 Å². The highest BCUT2D eigenvalue weighted by atomic mass is 16.6. The Morgan fingerprint density at radius 3 is 1.23 bits per heavy atom. The molecule has 3 rings (SSSR count). The number of anilines is 6. The summed E-state index contributed by atoms with van der Waals surface area (Å²) in [6.07, 6.45) is 0. The van der Waals surface area contributed by atoms with E-state index in [0.717, 1.165) is 0 Å². The van der Waals surface area contributed by atoms with Crippen LogP contribution in [-0.4, -0.2) is 44.7 Å². The third kappa shape index (κ3) is 3.42. The lowest BCUT2D eigenvalue weighted by molar-refractivity contribution is -0.383. The van der Waals surface area contributed by atoms with Gasteiger partial charge in [-0.05, 0) is 0 Å². The first-order valence-corrected chi connectivity index (χ1v) is 7.19. The summed E-state index contributed by atoms with van der Waals surface area (Å²) in [7, 11) is 0. The number of aromatic amines is 1. The van der Waals surface area contributed by atoms with E-state index in [1.54, 1.807) is 0 Å². The molecule has 0 bridgehead atoms. The van der Waals surface area contributed by atoms with Crippen LogP contribution >= 0.6 is 0 Å². The molecule has 0 amide bonds. The van der Waals surface area contributed by atoms with Gasteiger partial charge in [-0.25, -0.2) is 0 Å². The quantitative estimate of drug-likeness (QED) is 0.175. The minimum Gasteiger partial charge on any atom is -0.378 e. The van der Waals surface area contributed by atoms with Gasteiger partial charge in [0.05, 0.1) is 14.8 Å². The number of nitrogens with zero attached hydrogens (tertiary/aromatic N) is 8. The minimum absolute atomic E-state index is 0.123. The molecule has 0 aliphatic carbocycles. The molecule has 3 aromatic heterocycles. The number of hydrogen-bond acceptors (Lipinski definition) is 15. The monoisotopic (exact) mass is 427 g/mol. The van der Waals surface area contributed by atoms with Gasteiger partial charge in [-0.2, -0.15) is 0 Å². The summed E-state index contributed by atoms with van der Waals surface area (Å²) in [6.45, 7) is 0. The van der Waals surface area contributed by atoms with Gasteiger partial charge in [0, 0.05) is 0 Å². The first-order chi connectivity index (χ1) is 13.9. The zero-order valence-electron chi connectivity index (χ0n) is 14.5. The molecule has 0 spiro atoms. The second-order valence-electron chi connectivity index (χ2n) is 5.16. The zero-order valence-corrected chi connectivity index (χ0v) is 14.5. The van der Waals surface area contributed by atoms with Gasteiger partial charge in [0.1, 0.15) is 0 Å². The number of H-pyrrole nitrogens is 1. The fourth-order valence-electron chi connectivity index (χ4n) is 2.08. The Hall–Kier alpha value is -5.37. The van der Waals surface area contributed by atoms with Gasteiger partial charge in [-0.1, -0.05) is 0 Å². The van der Waals surface area contributed by atoms with Crippen molar-refractivity contribution in [2.24, 2.45) is 0 Å². The maximum absolute atomic E-state index is 10.8. The molecule has 21 nitrogen and oxygen atoms in total. The van der Waals surface area contributed by atoms with Crippen LogP contribution in [0.1, 0.15) is 0 Å². The number of hydrogen-bond donors (Lipinski definition) is 7. The van der Waals surface area contributed by atoms with E-state index >= 15 is 0 Å². The maximum atomic E-state index is 10.8. The van der Waals surface area contributed by atoms with Gasteiger partial charge in [0.2, 0.25) is 34.9 Å². The molecule has 0 fully saturated rings. The van der Waals surface area contributed by atoms with Crippen LogP contribution in [0, 0.1) is 30.3 Å². The van der Waals surface area contributed by atoms with Crippen molar-refractivity contribution >= 4 is 52.0 Å². The van der Waals surface area contributed by atoms with Crippen LogP contribution in [0.2, 0.25) is 0 Å². The molecule has 30 heavy (non-hydrogen) atoms. The van der Waals surface area contributed by atoms with E-state index in [0.29, 0.717) is 9.58 Å². The molecule has 0 aliphatic heterocycles. The van der Waals surface area contributed by atoms with Crippen molar-refractivity contribution in [1.29, 1.82) is 0 Å². The SMILES string of the molecule is Nc1n[nH]c(N)c1[N+](=O)[O-].Nc1nn(-n2nc(N)c([N+](=O)[O-])c2N)c(N)c1[N+](=O)[O-]. The van der Waals surface area contributed by atoms with Gasteiger partial charge in [-0.3, -0.25) is 35.4 Å². The average Bonchev–Trinajstić information content (AvgIpc) is 3.21. The van der Waals surface area contributed by atoms with Crippen molar-refractivity contribution in [3.8, 4) is 0 Å². The van der Waals surface area contributed by atoms with Crippen LogP contribution in [0.4, 0.5) is 52.0 Å². The molecular formula is C9H13N15O6. The van der Waals surface area contributed by atoms with E-state index in [2.05, 4.69) is 20.4 Å². The predicted octanol–water partition coefficient (Wildman–Crippen LogP) is -1.98. The first kappa shape index (κ1) is 20.9. The third-order valence-corrected chi connectivity index (χ3v) is 3.33. The second-order valence-corrected chi connectivity index (χ2v) is 5.16. The van der Waals surface area contributed by atoms with E-state index in [-0.39, 0.29) is 17.3 Å². The van der Waals surface area contributed by atoms with E-state index in [4.69, 9.17) is 34.4 Å². The van der Waals surface area contributed by atoms with Crippen molar-refractivity contribution in [2.75, 3.05) is 34.4 Å². The highest BCUT2D eigenvalue weighted by molar-refractivity contribution is 5.70. The third-order valence-electron chi connectivity index (χ3n) is 3.33. The van der Waals surface area contributed by atoms with E-state index in [9.17, 15) is 30.3 Å². The van der Waals surface area contributed by atoms with Crippen LogP contribution in [0.3, 0.4) is 0 Å². The molecule has 160 valence electrons. The zero-order chi connectivity index (χ0) is 22.9. The van der Waals surface area contributed by atoms with Crippen molar-refractivity contribution < 1.29 is 14.8 Å². The van der Waals surface area contributed by atoms with Crippen molar-refractivity contribution in [1.82, 2.24) is 30.0 Å². The molecular weight excluding hydrogens is 414 g/mol. The Labute approximate surface area is 162 Å². The molecule has 0 aliphatic rings. The van der Waals surface area contributed by atoms with Gasteiger partial charge < -0.3 is 34.4 Å². The summed E-state index contributed by atoms with van der Waals surface area (Å²) in [5, 5.41) is 44.2. The number of nitrogens with one attached hydrogen (secondary N) is 1. The fraction of sp³-hybridized carbons (Fsp3) is 0. The van der Waals surface area contributed by atoms with E-state index < -0.39 is 49.4 Å².